The van der Waals surface area contributed by atoms with Crippen LogP contribution >= 0.6 is 12.6 Å². The van der Waals surface area contributed by atoms with Crippen LogP contribution in [0.25, 0.3) is 11.1 Å². The minimum Gasteiger partial charge on any atom is -0.465 e. The lowest BCUT2D eigenvalue weighted by Crippen LogP contribution is -2.14. The lowest BCUT2D eigenvalue weighted by molar-refractivity contribution is 0.0601. The number of aromatic amines is 1. The van der Waals surface area contributed by atoms with Gasteiger partial charge in [0, 0.05) is 5.56 Å². The van der Waals surface area contributed by atoms with Gasteiger partial charge in [0.2, 0.25) is 0 Å². The number of nitrogens with zero attached hydrogens (tertiary/aromatic N) is 2. The summed E-state index contributed by atoms with van der Waals surface area (Å²) in [7, 11) is 1.25. The Morgan fingerprint density at radius 2 is 1.95 bits per heavy atom. The largest absolute Gasteiger partial charge is 0.465 e. The molecule has 22 heavy (non-hydrogen) atoms. The standard InChI is InChI=1S/C15H9N3O3S/c1-21-15(20)9-4-2-3-8(5-9)12-10(6-16)13(19)18-14(22)11(12)7-17/h2-5H,1H3,(H2,18,19,22). The molecule has 0 spiro atoms. The highest BCUT2D eigenvalue weighted by molar-refractivity contribution is 7.80. The van der Waals surface area contributed by atoms with Crippen molar-refractivity contribution < 1.29 is 9.53 Å². The molecule has 0 saturated heterocycles. The molecular weight excluding hydrogens is 302 g/mol. The van der Waals surface area contributed by atoms with Gasteiger partial charge in [-0.3, -0.25) is 4.79 Å². The molecule has 2 rings (SSSR count). The molecule has 0 unspecified atom stereocenters. The maximum Gasteiger partial charge on any atom is 0.337 e. The first-order valence-electron chi connectivity index (χ1n) is 6.01. The van der Waals surface area contributed by atoms with Crippen molar-refractivity contribution in [3.8, 4) is 23.3 Å². The van der Waals surface area contributed by atoms with Crippen LogP contribution in [0.2, 0.25) is 0 Å². The number of carbonyl (C=O) groups excluding carboxylic acids is 1. The minimum absolute atomic E-state index is 0.0569. The third kappa shape index (κ3) is 2.58. The quantitative estimate of drug-likeness (QED) is 0.650. The second-order valence-electron chi connectivity index (χ2n) is 4.22. The maximum absolute atomic E-state index is 11.9. The Balaban J connectivity index is 2.84. The molecule has 0 aliphatic carbocycles. The molecular formula is C15H9N3O3S. The third-order valence-electron chi connectivity index (χ3n) is 2.99. The van der Waals surface area contributed by atoms with Crippen molar-refractivity contribution in [3.05, 3.63) is 51.3 Å². The molecule has 0 amide bonds. The molecule has 108 valence electrons. The fourth-order valence-corrected chi connectivity index (χ4v) is 2.28. The van der Waals surface area contributed by atoms with Crippen LogP contribution < -0.4 is 5.56 Å². The number of hydrogen-bond donors (Lipinski definition) is 2. The van der Waals surface area contributed by atoms with Crippen LogP contribution in [0, 0.1) is 22.7 Å². The number of pyridine rings is 1. The van der Waals surface area contributed by atoms with Gasteiger partial charge in [-0.25, -0.2) is 4.79 Å². The van der Waals surface area contributed by atoms with E-state index in [0.717, 1.165) is 0 Å². The number of carbonyl (C=O) groups is 1. The van der Waals surface area contributed by atoms with Crippen LogP contribution in [0.5, 0.6) is 0 Å². The van der Waals surface area contributed by atoms with Crippen LogP contribution in [0.4, 0.5) is 0 Å². The number of nitrogens with one attached hydrogen (secondary N) is 1. The van der Waals surface area contributed by atoms with Gasteiger partial charge < -0.3 is 9.72 Å². The van der Waals surface area contributed by atoms with Gasteiger partial charge in [-0.2, -0.15) is 10.5 Å². The van der Waals surface area contributed by atoms with Gasteiger partial charge in [0.15, 0.2) is 0 Å². The molecule has 0 aliphatic heterocycles. The predicted molar refractivity (Wildman–Crippen MR) is 80.5 cm³/mol. The average Bonchev–Trinajstić information content (AvgIpc) is 2.53. The number of rotatable bonds is 2. The topological polar surface area (TPSA) is 107 Å². The van der Waals surface area contributed by atoms with Crippen molar-refractivity contribution >= 4 is 18.6 Å². The molecule has 0 atom stereocenters. The zero-order chi connectivity index (χ0) is 16.3. The first-order valence-corrected chi connectivity index (χ1v) is 6.46. The summed E-state index contributed by atoms with van der Waals surface area (Å²) in [6.07, 6.45) is 0. The molecule has 1 N–H and O–H groups in total. The van der Waals surface area contributed by atoms with E-state index in [1.54, 1.807) is 18.2 Å². The first-order chi connectivity index (χ1) is 10.5. The fourth-order valence-electron chi connectivity index (χ4n) is 2.01. The van der Waals surface area contributed by atoms with E-state index in [1.807, 2.05) is 6.07 Å². The van der Waals surface area contributed by atoms with Gasteiger partial charge in [0.25, 0.3) is 5.56 Å². The van der Waals surface area contributed by atoms with Crippen molar-refractivity contribution in [2.24, 2.45) is 0 Å². The zero-order valence-corrected chi connectivity index (χ0v) is 12.3. The van der Waals surface area contributed by atoms with E-state index in [-0.39, 0.29) is 27.3 Å². The van der Waals surface area contributed by atoms with E-state index in [2.05, 4.69) is 22.3 Å². The van der Waals surface area contributed by atoms with Gasteiger partial charge in [-0.05, 0) is 17.7 Å². The summed E-state index contributed by atoms with van der Waals surface area (Å²) < 4.78 is 4.64. The number of aromatic nitrogens is 1. The summed E-state index contributed by atoms with van der Waals surface area (Å²) in [6, 6.07) is 9.85. The lowest BCUT2D eigenvalue weighted by atomic mass is 9.96. The fraction of sp³-hybridized carbons (Fsp3) is 0.0667. The highest BCUT2D eigenvalue weighted by Crippen LogP contribution is 2.29. The smallest absolute Gasteiger partial charge is 0.337 e. The summed E-state index contributed by atoms with van der Waals surface area (Å²) in [4.78, 5) is 25.8. The van der Waals surface area contributed by atoms with Crippen molar-refractivity contribution in [3.63, 3.8) is 0 Å². The number of nitriles is 2. The van der Waals surface area contributed by atoms with Crippen LogP contribution in [0.1, 0.15) is 21.5 Å². The molecule has 6 nitrogen and oxygen atoms in total. The Morgan fingerprint density at radius 3 is 2.55 bits per heavy atom. The van der Waals surface area contributed by atoms with Crippen LogP contribution in [0.15, 0.2) is 34.1 Å². The minimum atomic E-state index is -0.648. The van der Waals surface area contributed by atoms with Gasteiger partial charge >= 0.3 is 5.97 Å². The van der Waals surface area contributed by atoms with Crippen molar-refractivity contribution in [2.45, 2.75) is 5.03 Å². The van der Waals surface area contributed by atoms with Crippen LogP contribution in [0.3, 0.4) is 0 Å². The van der Waals surface area contributed by atoms with Crippen LogP contribution in [-0.2, 0) is 4.74 Å². The maximum atomic E-state index is 11.9. The van der Waals surface area contributed by atoms with E-state index in [9.17, 15) is 20.1 Å². The molecule has 7 heteroatoms. The molecule has 0 saturated carbocycles. The second kappa shape index (κ2) is 6.17. The van der Waals surface area contributed by atoms with Crippen molar-refractivity contribution in [1.29, 1.82) is 10.5 Å². The second-order valence-corrected chi connectivity index (χ2v) is 4.67. The molecule has 1 heterocycles. The average molecular weight is 311 g/mol. The van der Waals surface area contributed by atoms with E-state index < -0.39 is 11.5 Å². The van der Waals surface area contributed by atoms with E-state index >= 15 is 0 Å². The van der Waals surface area contributed by atoms with Gasteiger partial charge in [0.1, 0.15) is 17.7 Å². The van der Waals surface area contributed by atoms with Crippen molar-refractivity contribution in [1.82, 2.24) is 4.98 Å². The van der Waals surface area contributed by atoms with Gasteiger partial charge in [0.05, 0.1) is 23.3 Å². The summed E-state index contributed by atoms with van der Waals surface area (Å²) in [5.41, 5.74) is -0.0292. The van der Waals surface area contributed by atoms with E-state index in [0.29, 0.717) is 5.56 Å². The predicted octanol–water partition coefficient (Wildman–Crippen LogP) is 1.86. The Labute approximate surface area is 131 Å². The van der Waals surface area contributed by atoms with E-state index in [1.165, 1.54) is 19.2 Å². The summed E-state index contributed by atoms with van der Waals surface area (Å²) in [6.45, 7) is 0. The number of hydrogen-bond acceptors (Lipinski definition) is 6. The number of methoxy groups -OCH3 is 1. The molecule has 1 aromatic carbocycles. The monoisotopic (exact) mass is 311 g/mol. The Morgan fingerprint density at radius 1 is 1.27 bits per heavy atom. The lowest BCUT2D eigenvalue weighted by Gasteiger charge is -2.09. The number of benzene rings is 1. The summed E-state index contributed by atoms with van der Waals surface area (Å²) >= 11 is 4.06. The van der Waals surface area contributed by atoms with Gasteiger partial charge in [-0.1, -0.05) is 12.1 Å². The summed E-state index contributed by atoms with van der Waals surface area (Å²) in [5, 5.41) is 18.5. The van der Waals surface area contributed by atoms with E-state index in [4.69, 9.17) is 0 Å². The highest BCUT2D eigenvalue weighted by Gasteiger charge is 2.19. The molecule has 0 radical (unpaired) electrons. The van der Waals surface area contributed by atoms with Gasteiger partial charge in [-0.15, -0.1) is 12.6 Å². The number of esters is 1. The molecule has 0 aliphatic rings. The number of H-pyrrole nitrogens is 1. The Bertz CT molecular complexity index is 904. The van der Waals surface area contributed by atoms with Crippen molar-refractivity contribution in [2.75, 3.05) is 7.11 Å². The molecule has 2 aromatic rings. The third-order valence-corrected chi connectivity index (χ3v) is 3.33. The number of thiol groups is 1. The first kappa shape index (κ1) is 15.4. The highest BCUT2D eigenvalue weighted by atomic mass is 32.1. The molecule has 1 aromatic heterocycles. The molecule has 0 bridgehead atoms. The number of ether oxygens (including phenoxy) is 1. The summed E-state index contributed by atoms with van der Waals surface area (Å²) in [5.74, 6) is -0.560. The zero-order valence-electron chi connectivity index (χ0n) is 11.4. The van der Waals surface area contributed by atoms with Crippen LogP contribution in [-0.4, -0.2) is 18.1 Å². The Kier molecular flexibility index (Phi) is 4.31. The SMILES string of the molecule is COC(=O)c1cccc(-c2c(C#N)c(S)[nH]c(=O)c2C#N)c1. The Hall–Kier alpha value is -3.03. The molecule has 0 fully saturated rings. The normalized spacial score (nSPS) is 9.64.